The molecule has 1 aliphatic rings. The van der Waals surface area contributed by atoms with Gasteiger partial charge in [-0.15, -0.1) is 0 Å². The van der Waals surface area contributed by atoms with E-state index in [1.54, 1.807) is 5.57 Å². The van der Waals surface area contributed by atoms with Gasteiger partial charge in [-0.05, 0) is 49.0 Å². The summed E-state index contributed by atoms with van der Waals surface area (Å²) in [7, 11) is 0. The van der Waals surface area contributed by atoms with Gasteiger partial charge in [0.2, 0.25) is 0 Å². The molecule has 1 heteroatoms. The third kappa shape index (κ3) is 32.3. The van der Waals surface area contributed by atoms with Crippen LogP contribution >= 0.6 is 0 Å². The first kappa shape index (κ1) is 60.0. The second-order valence-corrected chi connectivity index (χ2v) is 21.7. The van der Waals surface area contributed by atoms with Gasteiger partial charge >= 0.3 is 0 Å². The Bertz CT molecular complexity index is 1010. The van der Waals surface area contributed by atoms with Crippen molar-refractivity contribution in [1.29, 1.82) is 5.26 Å². The minimum Gasteiger partial charge on any atom is -0.198 e. The molecule has 0 aliphatic heterocycles. The van der Waals surface area contributed by atoms with Gasteiger partial charge in [0.25, 0.3) is 0 Å². The van der Waals surface area contributed by atoms with Crippen LogP contribution in [0, 0.1) is 34.5 Å². The Morgan fingerprint density at radius 2 is 0.667 bits per heavy atom. The summed E-state index contributed by atoms with van der Waals surface area (Å²) < 4.78 is 0. The third-order valence-corrected chi connectivity index (χ3v) is 15.7. The van der Waals surface area contributed by atoms with Crippen molar-refractivity contribution < 1.29 is 0 Å². The van der Waals surface area contributed by atoms with Gasteiger partial charge in [-0.25, -0.2) is 0 Å². The Kier molecular flexibility index (Phi) is 42.6. The monoisotopic (exact) mass is 876 g/mol. The van der Waals surface area contributed by atoms with E-state index < -0.39 is 0 Å². The number of allylic oxidation sites excluding steroid dienone is 4. The molecule has 1 aliphatic carbocycles. The van der Waals surface area contributed by atoms with Crippen molar-refractivity contribution in [2.45, 2.75) is 343 Å². The number of nitriles is 1. The van der Waals surface area contributed by atoms with Crippen LogP contribution < -0.4 is 0 Å². The van der Waals surface area contributed by atoms with Gasteiger partial charge in [0, 0.05) is 11.8 Å². The Labute approximate surface area is 399 Å². The van der Waals surface area contributed by atoms with E-state index in [2.05, 4.69) is 59.8 Å². The molecule has 0 amide bonds. The molecule has 1 nitrogen and oxygen atoms in total. The molecule has 0 radical (unpaired) electrons. The highest BCUT2D eigenvalue weighted by Crippen LogP contribution is 2.52. The number of unbranched alkanes of at least 4 members (excludes halogenated alkanes) is 30. The summed E-state index contributed by atoms with van der Waals surface area (Å²) >= 11 is 0. The molecule has 0 bridgehead atoms. The zero-order valence-corrected chi connectivity index (χ0v) is 44.6. The van der Waals surface area contributed by atoms with Crippen molar-refractivity contribution in [3.05, 3.63) is 23.3 Å². The molecule has 0 fully saturated rings. The number of nitrogens with zero attached hydrogens (tertiary/aromatic N) is 1. The van der Waals surface area contributed by atoms with Gasteiger partial charge in [0.15, 0.2) is 0 Å². The molecule has 0 heterocycles. The summed E-state index contributed by atoms with van der Waals surface area (Å²) in [5.41, 5.74) is 3.74. The first-order chi connectivity index (χ1) is 31.0. The lowest BCUT2D eigenvalue weighted by atomic mass is 9.67. The van der Waals surface area contributed by atoms with Gasteiger partial charge in [-0.2, -0.15) is 5.26 Å². The highest BCUT2D eigenvalue weighted by Gasteiger charge is 2.39. The van der Waals surface area contributed by atoms with E-state index in [-0.39, 0.29) is 5.41 Å². The predicted octanol–water partition coefficient (Wildman–Crippen LogP) is 22.7. The first-order valence-corrected chi connectivity index (χ1v) is 29.8. The van der Waals surface area contributed by atoms with Crippen LogP contribution in [-0.2, 0) is 0 Å². The van der Waals surface area contributed by atoms with E-state index in [1.807, 2.05) is 5.57 Å². The van der Waals surface area contributed by atoms with E-state index in [4.69, 9.17) is 0 Å². The summed E-state index contributed by atoms with van der Waals surface area (Å²) in [5, 5.41) is 10.3. The summed E-state index contributed by atoms with van der Waals surface area (Å²) in [6.07, 6.45) is 70.3. The van der Waals surface area contributed by atoms with E-state index >= 15 is 0 Å². The molecule has 1 unspecified atom stereocenters. The maximum atomic E-state index is 10.3. The Morgan fingerprint density at radius 1 is 0.381 bits per heavy atom. The summed E-state index contributed by atoms with van der Waals surface area (Å²) in [6, 6.07) is 2.72. The SMILES string of the molecule is CCCCCCCCC(CCCCCCCC)CC1=C(CC(CCCCCCCC)CCCCCCCC)C(CCC#N)(CC(CCCCCCCC)CCCCCCCC)C=C1. The van der Waals surface area contributed by atoms with E-state index in [0.29, 0.717) is 6.42 Å². The van der Waals surface area contributed by atoms with Crippen LogP contribution in [0.1, 0.15) is 343 Å². The fourth-order valence-corrected chi connectivity index (χ4v) is 11.6. The highest BCUT2D eigenvalue weighted by molar-refractivity contribution is 5.42. The van der Waals surface area contributed by atoms with Gasteiger partial charge < -0.3 is 0 Å². The molecule has 0 aromatic carbocycles. The Morgan fingerprint density at radius 3 is 0.984 bits per heavy atom. The molecule has 0 spiro atoms. The fraction of sp³-hybridized carbons (Fsp3) is 0.919. The van der Waals surface area contributed by atoms with Crippen LogP contribution in [0.5, 0.6) is 0 Å². The average Bonchev–Trinajstić information content (AvgIpc) is 3.61. The lowest BCUT2D eigenvalue weighted by Crippen LogP contribution is -2.26. The van der Waals surface area contributed by atoms with Crippen molar-refractivity contribution in [3.63, 3.8) is 0 Å². The molecule has 370 valence electrons. The quantitative estimate of drug-likeness (QED) is 0.0559. The topological polar surface area (TPSA) is 23.8 Å². The predicted molar refractivity (Wildman–Crippen MR) is 286 cm³/mol. The molecule has 0 aromatic heterocycles. The van der Waals surface area contributed by atoms with Gasteiger partial charge in [0.1, 0.15) is 0 Å². The van der Waals surface area contributed by atoms with Crippen LogP contribution in [0.2, 0.25) is 0 Å². The van der Waals surface area contributed by atoms with Crippen LogP contribution in [0.4, 0.5) is 0 Å². The smallest absolute Gasteiger partial charge is 0.0622 e. The van der Waals surface area contributed by atoms with Crippen molar-refractivity contribution in [2.24, 2.45) is 23.2 Å². The van der Waals surface area contributed by atoms with E-state index in [1.165, 1.54) is 289 Å². The molecule has 63 heavy (non-hydrogen) atoms. The molecular weight excluding hydrogens is 759 g/mol. The number of rotatable bonds is 50. The van der Waals surface area contributed by atoms with E-state index in [0.717, 1.165) is 24.2 Å². The summed E-state index contributed by atoms with van der Waals surface area (Å²) in [5.74, 6) is 2.42. The van der Waals surface area contributed by atoms with Crippen LogP contribution in [0.15, 0.2) is 23.3 Å². The Balaban J connectivity index is 3.61. The molecule has 0 saturated carbocycles. The molecular formula is C62H117N. The zero-order chi connectivity index (χ0) is 45.7. The largest absolute Gasteiger partial charge is 0.198 e. The molecule has 0 saturated heterocycles. The minimum absolute atomic E-state index is 0.103. The Hall–Kier alpha value is -1.03. The molecule has 1 atom stereocenters. The standard InChI is InChI=1S/C62H117N/c1-7-13-19-25-31-37-44-57(45-38-32-26-20-14-8-2)54-60-50-52-62(51-43-53-63,56-59(48-41-35-29-23-17-11-5)49-42-36-30-24-18-12-6)61(60)55-58(46-39-33-27-21-15-9-3)47-40-34-28-22-16-10-4/h50,52,57-59H,7-49,51,54-56H2,1-6H3. The third-order valence-electron chi connectivity index (χ3n) is 15.7. The molecule has 0 N–H and O–H groups in total. The van der Waals surface area contributed by atoms with Crippen LogP contribution in [0.25, 0.3) is 0 Å². The summed E-state index contributed by atoms with van der Waals surface area (Å²) in [4.78, 5) is 0. The van der Waals surface area contributed by atoms with Gasteiger partial charge in [-0.1, -0.05) is 329 Å². The maximum absolute atomic E-state index is 10.3. The van der Waals surface area contributed by atoms with E-state index in [9.17, 15) is 5.26 Å². The van der Waals surface area contributed by atoms with Crippen molar-refractivity contribution in [2.75, 3.05) is 0 Å². The fourth-order valence-electron chi connectivity index (χ4n) is 11.6. The van der Waals surface area contributed by atoms with Crippen LogP contribution in [0.3, 0.4) is 0 Å². The van der Waals surface area contributed by atoms with Crippen molar-refractivity contribution in [1.82, 2.24) is 0 Å². The van der Waals surface area contributed by atoms with Gasteiger partial charge in [0.05, 0.1) is 6.07 Å². The second-order valence-electron chi connectivity index (χ2n) is 21.7. The lowest BCUT2D eigenvalue weighted by molar-refractivity contribution is 0.259. The normalized spacial score (nSPS) is 15.3. The molecule has 0 aromatic rings. The average molecular weight is 877 g/mol. The maximum Gasteiger partial charge on any atom is 0.0622 e. The minimum atomic E-state index is 0.103. The zero-order valence-electron chi connectivity index (χ0n) is 44.6. The van der Waals surface area contributed by atoms with Gasteiger partial charge in [-0.3, -0.25) is 0 Å². The summed E-state index contributed by atoms with van der Waals surface area (Å²) in [6.45, 7) is 14.1. The second kappa shape index (κ2) is 44.8. The van der Waals surface area contributed by atoms with Crippen molar-refractivity contribution in [3.8, 4) is 6.07 Å². The van der Waals surface area contributed by atoms with Crippen LogP contribution in [-0.4, -0.2) is 0 Å². The highest BCUT2D eigenvalue weighted by atomic mass is 14.4. The number of hydrogen-bond acceptors (Lipinski definition) is 1. The van der Waals surface area contributed by atoms with Crippen molar-refractivity contribution >= 4 is 0 Å². The first-order valence-electron chi connectivity index (χ1n) is 29.8. The molecule has 1 rings (SSSR count). The lowest BCUT2D eigenvalue weighted by Gasteiger charge is -2.37. The number of hydrogen-bond donors (Lipinski definition) is 0.